The van der Waals surface area contributed by atoms with Gasteiger partial charge in [0, 0.05) is 25.9 Å². The van der Waals surface area contributed by atoms with Gasteiger partial charge in [-0.1, -0.05) is 6.92 Å². The summed E-state index contributed by atoms with van der Waals surface area (Å²) in [5.74, 6) is -0.359. The Morgan fingerprint density at radius 2 is 0.932 bits per heavy atom. The van der Waals surface area contributed by atoms with E-state index in [1.807, 2.05) is 6.92 Å². The van der Waals surface area contributed by atoms with Crippen LogP contribution in [0.2, 0.25) is 0 Å². The Bertz CT molecular complexity index is 1490. The Labute approximate surface area is 429 Å². The zero-order valence-electron chi connectivity index (χ0n) is 42.5. The van der Waals surface area contributed by atoms with Gasteiger partial charge >= 0.3 is 0 Å². The van der Waals surface area contributed by atoms with Gasteiger partial charge in [0.2, 0.25) is 0 Å². The Balaban J connectivity index is 1.46. The highest BCUT2D eigenvalue weighted by atomic mass is 16.8. The van der Waals surface area contributed by atoms with Crippen molar-refractivity contribution < 1.29 is 137 Å². The lowest BCUT2D eigenvalue weighted by Crippen LogP contribution is -2.67. The lowest BCUT2D eigenvalue weighted by molar-refractivity contribution is -0.386. The lowest BCUT2D eigenvalue weighted by atomic mass is 9.88. The number of hydrogen-bond acceptors (Lipinski definition) is 28. The molecule has 0 aliphatic carbocycles. The van der Waals surface area contributed by atoms with Crippen LogP contribution in [0.25, 0.3) is 0 Å². The molecule has 19 unspecified atom stereocenters. The molecule has 0 amide bonds. The van der Waals surface area contributed by atoms with Crippen LogP contribution in [0.5, 0.6) is 0 Å². The molecule has 0 aromatic heterocycles. The molecule has 28 heteroatoms. The highest BCUT2D eigenvalue weighted by Crippen LogP contribution is 2.37. The summed E-state index contributed by atoms with van der Waals surface area (Å²) in [5, 5.41) is 128. The van der Waals surface area contributed by atoms with Crippen LogP contribution in [0.3, 0.4) is 0 Å². The van der Waals surface area contributed by atoms with Gasteiger partial charge in [-0.3, -0.25) is 0 Å². The second kappa shape index (κ2) is 32.8. The molecule has 436 valence electrons. The molecule has 5 heterocycles. The Hall–Kier alpha value is -1.12. The summed E-state index contributed by atoms with van der Waals surface area (Å²) >= 11 is 0. The van der Waals surface area contributed by atoms with E-state index < -0.39 is 174 Å². The minimum absolute atomic E-state index is 0.00858. The van der Waals surface area contributed by atoms with E-state index in [4.69, 9.17) is 75.8 Å². The van der Waals surface area contributed by atoms with Gasteiger partial charge in [-0.25, -0.2) is 0 Å². The minimum atomic E-state index is -1.99. The predicted molar refractivity (Wildman–Crippen MR) is 244 cm³/mol. The SMILES string of the molecule is CCC1C(COCCO)O[C@@H](OC2C(CO)OC(OC3C(COC4C(COCCO)OC(OC(C)C)C(OCCO)C4O)OC(OC4C(COCCO)O[C@@H](OC)C[C@H]4O)C(O)C3O)C(OCCO)C2O)C[C@H]1O. The van der Waals surface area contributed by atoms with Crippen LogP contribution in [0.15, 0.2) is 0 Å². The van der Waals surface area contributed by atoms with Crippen LogP contribution in [-0.4, -0.2) is 309 Å². The summed E-state index contributed by atoms with van der Waals surface area (Å²) in [4.78, 5) is 0. The van der Waals surface area contributed by atoms with Gasteiger partial charge in [-0.2, -0.15) is 0 Å². The fourth-order valence-corrected chi connectivity index (χ4v) is 9.60. The quantitative estimate of drug-likeness (QED) is 0.0279. The fourth-order valence-electron chi connectivity index (χ4n) is 9.60. The molecule has 0 bridgehead atoms. The van der Waals surface area contributed by atoms with Crippen LogP contribution in [0.4, 0.5) is 0 Å². The van der Waals surface area contributed by atoms with Gasteiger partial charge in [0.25, 0.3) is 0 Å². The molecule has 0 radical (unpaired) electrons. The maximum atomic E-state index is 12.1. The van der Waals surface area contributed by atoms with Gasteiger partial charge in [-0.15, -0.1) is 0 Å². The second-order valence-corrected chi connectivity index (χ2v) is 18.7. The summed E-state index contributed by atoms with van der Waals surface area (Å²) in [6.07, 6.45) is -30.8. The van der Waals surface area contributed by atoms with Gasteiger partial charge in [-0.05, 0) is 20.3 Å². The minimum Gasteiger partial charge on any atom is -0.394 e. The van der Waals surface area contributed by atoms with Gasteiger partial charge in [0.1, 0.15) is 85.5 Å². The van der Waals surface area contributed by atoms with E-state index in [0.29, 0.717) is 6.42 Å². The van der Waals surface area contributed by atoms with E-state index in [2.05, 4.69) is 0 Å². The molecule has 0 aromatic carbocycles. The largest absolute Gasteiger partial charge is 0.394 e. The van der Waals surface area contributed by atoms with E-state index >= 15 is 0 Å². The summed E-state index contributed by atoms with van der Waals surface area (Å²) in [7, 11) is 1.37. The first-order chi connectivity index (χ1) is 35.7. The van der Waals surface area contributed by atoms with Crippen LogP contribution in [0.1, 0.15) is 40.0 Å². The molecule has 0 aromatic rings. The molecule has 12 N–H and O–H groups in total. The number of rotatable bonds is 32. The summed E-state index contributed by atoms with van der Waals surface area (Å²) < 4.78 is 95.6. The Morgan fingerprint density at radius 3 is 1.50 bits per heavy atom. The van der Waals surface area contributed by atoms with Crippen molar-refractivity contribution in [3.8, 4) is 0 Å². The summed E-state index contributed by atoms with van der Waals surface area (Å²) in [5.41, 5.74) is 0. The number of methoxy groups -OCH3 is 1. The summed E-state index contributed by atoms with van der Waals surface area (Å²) in [6.45, 7) is 0.728. The smallest absolute Gasteiger partial charge is 0.187 e. The first-order valence-electron chi connectivity index (χ1n) is 25.4. The van der Waals surface area contributed by atoms with Crippen molar-refractivity contribution in [1.82, 2.24) is 0 Å². The van der Waals surface area contributed by atoms with Crippen molar-refractivity contribution in [2.45, 2.75) is 181 Å². The molecule has 0 saturated carbocycles. The van der Waals surface area contributed by atoms with E-state index in [1.54, 1.807) is 13.8 Å². The van der Waals surface area contributed by atoms with Gasteiger partial charge in [0.05, 0.1) is 124 Å². The second-order valence-electron chi connectivity index (χ2n) is 18.7. The molecule has 28 nitrogen and oxygen atoms in total. The molecule has 5 saturated heterocycles. The molecular formula is C46H84O28. The number of ether oxygens (including phenoxy) is 16. The van der Waals surface area contributed by atoms with Crippen LogP contribution in [-0.2, 0) is 75.8 Å². The third-order valence-electron chi connectivity index (χ3n) is 13.1. The molecule has 74 heavy (non-hydrogen) atoms. The normalized spacial score (nSPS) is 41.2. The molecule has 5 fully saturated rings. The molecule has 5 aliphatic rings. The van der Waals surface area contributed by atoms with Crippen molar-refractivity contribution in [3.05, 3.63) is 0 Å². The maximum absolute atomic E-state index is 12.1. The van der Waals surface area contributed by atoms with Crippen molar-refractivity contribution in [2.75, 3.05) is 106 Å². The van der Waals surface area contributed by atoms with E-state index in [9.17, 15) is 61.3 Å². The molecule has 0 spiro atoms. The Morgan fingerprint density at radius 1 is 0.446 bits per heavy atom. The number of hydrogen-bond donors (Lipinski definition) is 12. The monoisotopic (exact) mass is 1080 g/mol. The van der Waals surface area contributed by atoms with Crippen molar-refractivity contribution in [1.29, 1.82) is 0 Å². The topological polar surface area (TPSA) is 390 Å². The number of aliphatic hydroxyl groups is 12. The first-order valence-corrected chi connectivity index (χ1v) is 25.4. The highest BCUT2D eigenvalue weighted by Gasteiger charge is 2.56. The van der Waals surface area contributed by atoms with Crippen LogP contribution < -0.4 is 0 Å². The highest BCUT2D eigenvalue weighted by molar-refractivity contribution is 4.98. The van der Waals surface area contributed by atoms with Crippen molar-refractivity contribution in [2.24, 2.45) is 5.92 Å². The third kappa shape index (κ3) is 17.4. The zero-order chi connectivity index (χ0) is 53.9. The third-order valence-corrected chi connectivity index (χ3v) is 13.1. The molecule has 23 atom stereocenters. The average Bonchev–Trinajstić information content (AvgIpc) is 3.37. The Kier molecular flexibility index (Phi) is 28.3. The fraction of sp³-hybridized carbons (Fsp3) is 1.00. The standard InChI is InChI=1S/C46H84O28/c1-5-24-25(53)16-33(67-28(24)19-60-11-6-47)72-40-27(18-52)69-46(43(37(40)58)64-15-10-51)74-41-31(22-65-39-30(21-62-13-8-49)71-45(66-23(2)3)42(36(39)57)63-14-9-50)70-44(35(56)34(41)55)73-38-26(54)17-32(59-4)68-29(38)20-61-12-7-48/h23-58H,5-22H2,1-4H3/t24?,25-,26-,27?,28?,29?,30?,31?,32-,33+,34?,35?,36?,37?,38?,39?,40?,41?,42?,43?,44?,45?,46?/m1/s1. The van der Waals surface area contributed by atoms with Crippen molar-refractivity contribution in [3.63, 3.8) is 0 Å². The van der Waals surface area contributed by atoms with Gasteiger partial charge < -0.3 is 137 Å². The zero-order valence-corrected chi connectivity index (χ0v) is 42.5. The maximum Gasteiger partial charge on any atom is 0.187 e. The lowest BCUT2D eigenvalue weighted by Gasteiger charge is -2.50. The molecule has 5 rings (SSSR count). The first kappa shape index (κ1) is 63.7. The van der Waals surface area contributed by atoms with E-state index in [1.165, 1.54) is 7.11 Å². The molecular weight excluding hydrogens is 1000 g/mol. The van der Waals surface area contributed by atoms with E-state index in [0.717, 1.165) is 0 Å². The number of aliphatic hydroxyl groups excluding tert-OH is 12. The summed E-state index contributed by atoms with van der Waals surface area (Å²) in [6, 6.07) is 0. The van der Waals surface area contributed by atoms with Gasteiger partial charge in [0.15, 0.2) is 31.5 Å². The van der Waals surface area contributed by atoms with Crippen LogP contribution >= 0.6 is 0 Å². The van der Waals surface area contributed by atoms with Crippen LogP contribution in [0, 0.1) is 5.92 Å². The van der Waals surface area contributed by atoms with Crippen molar-refractivity contribution >= 4 is 0 Å². The predicted octanol–water partition coefficient (Wildman–Crippen LogP) is -6.03. The van der Waals surface area contributed by atoms with E-state index in [-0.39, 0.29) is 84.8 Å². The average molecular weight is 1090 g/mol. The molecule has 5 aliphatic heterocycles.